The second kappa shape index (κ2) is 17.9. The van der Waals surface area contributed by atoms with E-state index in [0.29, 0.717) is 110 Å². The predicted molar refractivity (Wildman–Crippen MR) is 309 cm³/mol. The van der Waals surface area contributed by atoms with Crippen molar-refractivity contribution in [1.29, 1.82) is 47.4 Å². The minimum Gasteiger partial charge on any atom is -0.305 e. The van der Waals surface area contributed by atoms with Crippen LogP contribution in [0.3, 0.4) is 0 Å². The highest BCUT2D eigenvalue weighted by Crippen LogP contribution is 2.50. The lowest BCUT2D eigenvalue weighted by Gasteiger charge is -2.27. The summed E-state index contributed by atoms with van der Waals surface area (Å²) in [5.41, 5.74) is 7.90. The summed E-state index contributed by atoms with van der Waals surface area (Å²) in [5, 5.41) is 102. The normalized spacial score (nSPS) is 11.1. The molecule has 5 heterocycles. The van der Waals surface area contributed by atoms with Gasteiger partial charge in [-0.15, -0.1) is 0 Å². The van der Waals surface area contributed by atoms with Crippen LogP contribution in [0.5, 0.6) is 0 Å². The molecule has 0 aliphatic rings. The Balaban J connectivity index is 1.39. The quantitative estimate of drug-likeness (QED) is 0.158. The van der Waals surface area contributed by atoms with Crippen molar-refractivity contribution in [2.24, 2.45) is 0 Å². The second-order valence-corrected chi connectivity index (χ2v) is 19.4. The van der Waals surface area contributed by atoms with Crippen LogP contribution in [-0.4, -0.2) is 23.3 Å². The molecule has 14 aromatic rings. The van der Waals surface area contributed by atoms with Crippen LogP contribution in [0.4, 0.5) is 0 Å². The van der Waals surface area contributed by atoms with Gasteiger partial charge in [0.1, 0.15) is 11.4 Å². The molecular weight excluding hydrogens is 1010 g/mol. The van der Waals surface area contributed by atoms with Crippen molar-refractivity contribution in [1.82, 2.24) is 23.3 Å². The number of nitriles is 9. The zero-order valence-corrected chi connectivity index (χ0v) is 42.4. The van der Waals surface area contributed by atoms with E-state index < -0.39 is 0 Å². The summed E-state index contributed by atoms with van der Waals surface area (Å²) >= 11 is 0. The van der Waals surface area contributed by atoms with Gasteiger partial charge in [-0.3, -0.25) is 9.13 Å². The Morgan fingerprint density at radius 2 is 0.488 bits per heavy atom. The largest absolute Gasteiger partial charge is 0.305 e. The van der Waals surface area contributed by atoms with E-state index in [1.54, 1.807) is 115 Å². The zero-order valence-electron chi connectivity index (χ0n) is 42.4. The van der Waals surface area contributed by atoms with E-state index >= 15 is 0 Å². The van der Waals surface area contributed by atoms with Crippen molar-refractivity contribution < 1.29 is 0 Å². The molecule has 0 atom stereocenters. The van der Waals surface area contributed by atoms with Gasteiger partial charge in [0, 0.05) is 48.7 Å². The summed E-state index contributed by atoms with van der Waals surface area (Å²) in [4.78, 5) is 6.05. The summed E-state index contributed by atoms with van der Waals surface area (Å²) < 4.78 is 7.71. The molecule has 0 radical (unpaired) electrons. The Bertz CT molecular complexity index is 5110. The van der Waals surface area contributed by atoms with E-state index in [-0.39, 0.29) is 61.7 Å². The van der Waals surface area contributed by atoms with E-state index in [9.17, 15) is 47.4 Å². The highest BCUT2D eigenvalue weighted by atomic mass is 15.2. The topological polar surface area (TPSA) is 247 Å². The molecule has 14 rings (SSSR count). The molecule has 0 N–H and O–H groups in total. The molecule has 14 nitrogen and oxygen atoms in total. The predicted octanol–water partition coefficient (Wildman–Crippen LogP) is 14.0. The van der Waals surface area contributed by atoms with Gasteiger partial charge in [0.15, 0.2) is 11.6 Å². The summed E-state index contributed by atoms with van der Waals surface area (Å²) in [6, 6.07) is 70.8. The van der Waals surface area contributed by atoms with Crippen molar-refractivity contribution in [2.75, 3.05) is 0 Å². The summed E-state index contributed by atoms with van der Waals surface area (Å²) in [5.74, 6) is 0.396. The van der Waals surface area contributed by atoms with E-state index in [4.69, 9.17) is 4.98 Å². The van der Waals surface area contributed by atoms with Gasteiger partial charge in [0.25, 0.3) is 0 Å². The standard InChI is InChI=1S/C68H28N14/c69-29-38-10-1-11-39(28-38)64-65(79-48-20-2-12-40(30-70)56(48)57-41(31-71)13-3-21-49(57)79)67(81-52-24-6-16-44(34-74)60(52)61-45(35-75)17-7-25-53(61)81)78-68(82-54-26-8-18-46(36-76)62(54)63-47(37-77)19-9-27-55(63)82)66(64)80-50-22-4-14-42(32-72)58(50)59-43(33-73)15-5-23-51(59)80/h1-28H. The van der Waals surface area contributed by atoms with Crippen molar-refractivity contribution in [3.8, 4) is 88.8 Å². The molecule has 9 aromatic carbocycles. The minimum absolute atomic E-state index is 0.198. The van der Waals surface area contributed by atoms with Crippen molar-refractivity contribution in [3.05, 3.63) is 220 Å². The average molecular weight is 1040 g/mol. The number of benzene rings is 9. The molecule has 370 valence electrons. The Kier molecular flexibility index (Phi) is 10.3. The molecule has 0 saturated carbocycles. The number of nitrogens with zero attached hydrogens (tertiary/aromatic N) is 14. The monoisotopic (exact) mass is 1040 g/mol. The Hall–Kier alpha value is -13.3. The molecule has 0 fully saturated rings. The Labute approximate surface area is 464 Å². The summed E-state index contributed by atoms with van der Waals surface area (Å²) in [6.07, 6.45) is 0. The molecule has 0 amide bonds. The number of pyridine rings is 1. The zero-order chi connectivity index (χ0) is 56.1. The van der Waals surface area contributed by atoms with Gasteiger partial charge in [-0.1, -0.05) is 60.7 Å². The summed E-state index contributed by atoms with van der Waals surface area (Å²) in [7, 11) is 0. The maximum atomic E-state index is 11.0. The first-order chi connectivity index (χ1) is 40.4. The fourth-order valence-electron chi connectivity index (χ4n) is 12.4. The van der Waals surface area contributed by atoms with Gasteiger partial charge in [0.05, 0.1) is 149 Å². The number of rotatable bonds is 5. The number of aromatic nitrogens is 5. The van der Waals surface area contributed by atoms with Gasteiger partial charge in [-0.2, -0.15) is 47.4 Å². The lowest BCUT2D eigenvalue weighted by atomic mass is 9.98. The summed E-state index contributed by atoms with van der Waals surface area (Å²) in [6.45, 7) is 0. The Morgan fingerprint density at radius 1 is 0.256 bits per heavy atom. The van der Waals surface area contributed by atoms with E-state index in [1.165, 1.54) is 0 Å². The van der Waals surface area contributed by atoms with Gasteiger partial charge in [-0.25, -0.2) is 4.98 Å². The lowest BCUT2D eigenvalue weighted by Crippen LogP contribution is -2.16. The number of hydrogen-bond donors (Lipinski definition) is 0. The van der Waals surface area contributed by atoms with E-state index in [1.807, 2.05) is 72.9 Å². The third-order valence-electron chi connectivity index (χ3n) is 15.5. The third-order valence-corrected chi connectivity index (χ3v) is 15.5. The highest BCUT2D eigenvalue weighted by molar-refractivity contribution is 6.20. The smallest absolute Gasteiger partial charge is 0.165 e. The average Bonchev–Trinajstić information content (AvgIpc) is 1.86. The fourth-order valence-corrected chi connectivity index (χ4v) is 12.4. The number of fused-ring (bicyclic) bond motifs is 12. The lowest BCUT2D eigenvalue weighted by molar-refractivity contribution is 0.961. The SMILES string of the molecule is N#Cc1cccc(-c2c(-n3c4cccc(C#N)c4c4c(C#N)cccc43)c(-n3c4cccc(C#N)c4c4c(C#N)cccc43)nc(-n3c4cccc(C#N)c4c4c(C#N)cccc43)c2-n2c3cccc(C#N)c3c3c(C#N)cccc32)c1. The van der Waals surface area contributed by atoms with Crippen molar-refractivity contribution in [3.63, 3.8) is 0 Å². The molecule has 0 unspecified atom stereocenters. The highest BCUT2D eigenvalue weighted by Gasteiger charge is 2.35. The van der Waals surface area contributed by atoms with E-state index in [2.05, 4.69) is 54.6 Å². The molecule has 5 aromatic heterocycles. The molecule has 0 aliphatic heterocycles. The second-order valence-electron chi connectivity index (χ2n) is 19.4. The van der Waals surface area contributed by atoms with Crippen LogP contribution in [0.15, 0.2) is 170 Å². The minimum atomic E-state index is 0.198. The van der Waals surface area contributed by atoms with Crippen molar-refractivity contribution in [2.45, 2.75) is 0 Å². The van der Waals surface area contributed by atoms with Crippen LogP contribution in [0, 0.1) is 102 Å². The van der Waals surface area contributed by atoms with Crippen LogP contribution < -0.4 is 0 Å². The van der Waals surface area contributed by atoms with Crippen LogP contribution in [0.25, 0.3) is 121 Å². The van der Waals surface area contributed by atoms with Gasteiger partial charge in [0.2, 0.25) is 0 Å². The van der Waals surface area contributed by atoms with Crippen LogP contribution >= 0.6 is 0 Å². The first kappa shape index (κ1) is 47.2. The van der Waals surface area contributed by atoms with Gasteiger partial charge in [-0.05, 0) is 115 Å². The molecule has 14 heteroatoms. The fraction of sp³-hybridized carbons (Fsp3) is 0. The molecule has 0 aliphatic carbocycles. The maximum absolute atomic E-state index is 11.0. The van der Waals surface area contributed by atoms with E-state index in [0.717, 1.165) is 0 Å². The van der Waals surface area contributed by atoms with Gasteiger partial charge >= 0.3 is 0 Å². The third kappa shape index (κ3) is 6.25. The molecule has 0 saturated heterocycles. The van der Waals surface area contributed by atoms with Crippen LogP contribution in [0.1, 0.15) is 50.1 Å². The first-order valence-electron chi connectivity index (χ1n) is 25.4. The molecule has 0 bridgehead atoms. The van der Waals surface area contributed by atoms with Crippen molar-refractivity contribution >= 4 is 87.2 Å². The number of hydrogen-bond acceptors (Lipinski definition) is 10. The first-order valence-corrected chi connectivity index (χ1v) is 25.4. The molecule has 0 spiro atoms. The van der Waals surface area contributed by atoms with Crippen LogP contribution in [-0.2, 0) is 0 Å². The van der Waals surface area contributed by atoms with Crippen LogP contribution in [0.2, 0.25) is 0 Å². The Morgan fingerprint density at radius 3 is 0.720 bits per heavy atom. The maximum Gasteiger partial charge on any atom is 0.165 e. The molecular formula is C68H28N14. The van der Waals surface area contributed by atoms with Gasteiger partial charge < -0.3 is 9.13 Å². The molecule has 82 heavy (non-hydrogen) atoms.